The van der Waals surface area contributed by atoms with E-state index in [1.165, 1.54) is 12.8 Å². The van der Waals surface area contributed by atoms with Crippen molar-refractivity contribution in [1.29, 1.82) is 0 Å². The van der Waals surface area contributed by atoms with Crippen LogP contribution in [0.5, 0.6) is 0 Å². The van der Waals surface area contributed by atoms with Crippen molar-refractivity contribution in [3.63, 3.8) is 0 Å². The van der Waals surface area contributed by atoms with Crippen molar-refractivity contribution < 1.29 is 61.6 Å². The molecule has 33 heavy (non-hydrogen) atoms. The summed E-state index contributed by atoms with van der Waals surface area (Å²) in [6.07, 6.45) is 12.3. The molecule has 0 atom stereocenters. The van der Waals surface area contributed by atoms with Gasteiger partial charge in [0.2, 0.25) is 0 Å². The van der Waals surface area contributed by atoms with Gasteiger partial charge in [0.05, 0.1) is 29.2 Å². The van der Waals surface area contributed by atoms with Crippen LogP contribution in [-0.2, 0) is 19.6 Å². The van der Waals surface area contributed by atoms with Gasteiger partial charge in [-0.25, -0.2) is 18.0 Å². The van der Waals surface area contributed by atoms with Gasteiger partial charge in [0.25, 0.3) is 0 Å². The van der Waals surface area contributed by atoms with Gasteiger partial charge < -0.3 is 14.0 Å². The molecule has 0 saturated carbocycles. The number of benzene rings is 1. The van der Waals surface area contributed by atoms with Gasteiger partial charge >= 0.3 is 41.5 Å². The summed E-state index contributed by atoms with van der Waals surface area (Å²) in [6, 6.07) is 3.04. The molecule has 0 bridgehead atoms. The Kier molecular flexibility index (Phi) is 17.9. The quantitative estimate of drug-likeness (QED) is 0.142. The summed E-state index contributed by atoms with van der Waals surface area (Å²) in [5.41, 5.74) is -0.364. The SMILES string of the molecule is CCCCCCCCOC(=O)c1ccc(S(=O)(=O)[O-])cc1C(=O)OCCCCCCCC.[Na+]. The predicted molar refractivity (Wildman–Crippen MR) is 122 cm³/mol. The Labute approximate surface area is 221 Å². The first-order valence-corrected chi connectivity index (χ1v) is 13.2. The van der Waals surface area contributed by atoms with Crippen molar-refractivity contribution >= 4 is 22.1 Å². The monoisotopic (exact) mass is 492 g/mol. The van der Waals surface area contributed by atoms with Crippen LogP contribution in [0.4, 0.5) is 0 Å². The van der Waals surface area contributed by atoms with E-state index in [0.717, 1.165) is 69.6 Å². The maximum absolute atomic E-state index is 12.5. The molecule has 0 unspecified atom stereocenters. The molecule has 0 aromatic heterocycles. The van der Waals surface area contributed by atoms with E-state index in [1.54, 1.807) is 0 Å². The number of hydrogen-bond donors (Lipinski definition) is 0. The fourth-order valence-corrected chi connectivity index (χ4v) is 3.77. The summed E-state index contributed by atoms with van der Waals surface area (Å²) >= 11 is 0. The van der Waals surface area contributed by atoms with Gasteiger partial charge in [-0.2, -0.15) is 0 Å². The fraction of sp³-hybridized carbons (Fsp3) is 0.667. The number of rotatable bonds is 17. The van der Waals surface area contributed by atoms with Crippen molar-refractivity contribution in [2.24, 2.45) is 0 Å². The van der Waals surface area contributed by atoms with Gasteiger partial charge in [0.15, 0.2) is 0 Å². The topological polar surface area (TPSA) is 110 Å². The fourth-order valence-electron chi connectivity index (χ4n) is 3.28. The van der Waals surface area contributed by atoms with Crippen molar-refractivity contribution in [3.05, 3.63) is 29.3 Å². The average molecular weight is 493 g/mol. The van der Waals surface area contributed by atoms with Crippen LogP contribution in [0.25, 0.3) is 0 Å². The summed E-state index contributed by atoms with van der Waals surface area (Å²) < 4.78 is 44.6. The van der Waals surface area contributed by atoms with Crippen molar-refractivity contribution in [1.82, 2.24) is 0 Å². The minimum absolute atomic E-state index is 0. The number of ether oxygens (including phenoxy) is 2. The maximum atomic E-state index is 12.5. The van der Waals surface area contributed by atoms with E-state index in [9.17, 15) is 22.6 Å². The van der Waals surface area contributed by atoms with Crippen molar-refractivity contribution in [2.75, 3.05) is 13.2 Å². The van der Waals surface area contributed by atoms with E-state index in [-0.39, 0.29) is 53.9 Å². The van der Waals surface area contributed by atoms with Crippen LogP contribution in [0.15, 0.2) is 23.1 Å². The molecule has 0 saturated heterocycles. The molecular weight excluding hydrogens is 455 g/mol. The second-order valence-corrected chi connectivity index (χ2v) is 9.35. The van der Waals surface area contributed by atoms with E-state index in [1.807, 2.05) is 0 Å². The van der Waals surface area contributed by atoms with Gasteiger partial charge in [-0.05, 0) is 31.0 Å². The number of unbranched alkanes of at least 4 members (excludes halogenated alkanes) is 10. The summed E-state index contributed by atoms with van der Waals surface area (Å²) in [7, 11) is -4.78. The van der Waals surface area contributed by atoms with Gasteiger partial charge in [-0.3, -0.25) is 0 Å². The van der Waals surface area contributed by atoms with Gasteiger partial charge in [0, 0.05) is 0 Å². The second-order valence-electron chi connectivity index (χ2n) is 7.97. The minimum atomic E-state index is -4.78. The molecule has 0 amide bonds. The zero-order valence-electron chi connectivity index (χ0n) is 20.4. The van der Waals surface area contributed by atoms with Crippen LogP contribution >= 0.6 is 0 Å². The Morgan fingerprint density at radius 3 is 1.61 bits per heavy atom. The Balaban J connectivity index is 0.0000102. The molecule has 182 valence electrons. The Morgan fingerprint density at radius 2 is 1.15 bits per heavy atom. The zero-order valence-corrected chi connectivity index (χ0v) is 23.2. The molecule has 0 heterocycles. The van der Waals surface area contributed by atoms with Crippen molar-refractivity contribution in [2.45, 2.75) is 95.8 Å². The minimum Gasteiger partial charge on any atom is -0.744 e. The molecule has 1 aromatic rings. The van der Waals surface area contributed by atoms with Crippen LogP contribution in [0.2, 0.25) is 0 Å². The maximum Gasteiger partial charge on any atom is 1.00 e. The second kappa shape index (κ2) is 18.4. The third-order valence-electron chi connectivity index (χ3n) is 5.18. The normalized spacial score (nSPS) is 11.0. The molecule has 9 heteroatoms. The van der Waals surface area contributed by atoms with E-state index in [0.29, 0.717) is 12.8 Å². The number of hydrogen-bond acceptors (Lipinski definition) is 7. The number of carbonyl (C=O) groups excluding carboxylic acids is 2. The molecule has 0 aliphatic heterocycles. The first-order valence-electron chi connectivity index (χ1n) is 11.8. The molecule has 0 N–H and O–H groups in total. The molecule has 7 nitrogen and oxygen atoms in total. The largest absolute Gasteiger partial charge is 1.00 e. The molecule has 0 fully saturated rings. The Morgan fingerprint density at radius 1 is 0.727 bits per heavy atom. The van der Waals surface area contributed by atoms with Gasteiger partial charge in [-0.1, -0.05) is 78.1 Å². The molecule has 1 aromatic carbocycles. The number of carbonyl (C=O) groups is 2. The van der Waals surface area contributed by atoms with Gasteiger partial charge in [0.1, 0.15) is 10.1 Å². The third-order valence-corrected chi connectivity index (χ3v) is 6.01. The standard InChI is InChI=1S/C24H38O7S.Na/c1-3-5-7-9-11-13-17-30-23(25)21-16-15-20(32(27,28)29)19-22(21)24(26)31-18-14-12-10-8-6-4-2;/h15-16,19H,3-14,17-18H2,1-2H3,(H,27,28,29);/q;+1/p-1. The molecule has 0 radical (unpaired) electrons. The third kappa shape index (κ3) is 13.5. The van der Waals surface area contributed by atoms with Crippen molar-refractivity contribution in [3.8, 4) is 0 Å². The van der Waals surface area contributed by atoms with Crippen LogP contribution in [-0.4, -0.2) is 38.1 Å². The first kappa shape index (κ1) is 32.1. The molecule has 0 aliphatic rings. The Bertz CT molecular complexity index is 809. The van der Waals surface area contributed by atoms with Crippen LogP contribution in [0.3, 0.4) is 0 Å². The predicted octanol–water partition coefficient (Wildman–Crippen LogP) is 2.63. The Hall–Kier alpha value is -0.930. The number of esters is 2. The summed E-state index contributed by atoms with van der Waals surface area (Å²) in [4.78, 5) is 24.4. The molecule has 0 spiro atoms. The van der Waals surface area contributed by atoms with E-state index >= 15 is 0 Å². The van der Waals surface area contributed by atoms with Gasteiger partial charge in [-0.15, -0.1) is 0 Å². The smallest absolute Gasteiger partial charge is 0.744 e. The van der Waals surface area contributed by atoms with Crippen LogP contribution in [0.1, 0.15) is 112 Å². The summed E-state index contributed by atoms with van der Waals surface area (Å²) in [6.45, 7) is 4.64. The van der Waals surface area contributed by atoms with E-state index < -0.39 is 27.0 Å². The first-order chi connectivity index (χ1) is 15.3. The van der Waals surface area contributed by atoms with E-state index in [4.69, 9.17) is 9.47 Å². The average Bonchev–Trinajstić information content (AvgIpc) is 2.76. The molecule has 1 rings (SSSR count). The molecule has 0 aliphatic carbocycles. The van der Waals surface area contributed by atoms with Crippen LogP contribution in [0, 0.1) is 0 Å². The van der Waals surface area contributed by atoms with Crippen LogP contribution < -0.4 is 29.6 Å². The van der Waals surface area contributed by atoms with E-state index in [2.05, 4.69) is 13.8 Å². The zero-order chi connectivity index (χ0) is 23.8. The summed E-state index contributed by atoms with van der Waals surface area (Å²) in [5, 5.41) is 0. The summed E-state index contributed by atoms with van der Waals surface area (Å²) in [5.74, 6) is -1.57. The molecular formula is C24H37NaO7S.